The molecule has 13 rings (SSSR count). The minimum absolute atomic E-state index is 0.853. The molecule has 0 unspecified atom stereocenters. The Morgan fingerprint density at radius 3 is 1.76 bits per heavy atom. The maximum Gasteiger partial charge on any atom is 0.140 e. The number of rotatable bonds is 4. The Hall–Kier alpha value is -8.02. The van der Waals surface area contributed by atoms with Crippen LogP contribution in [-0.4, -0.2) is 19.1 Å². The van der Waals surface area contributed by atoms with E-state index in [0.717, 1.165) is 50.9 Å². The Morgan fingerprint density at radius 2 is 0.949 bits per heavy atom. The third-order valence-electron chi connectivity index (χ3n) is 12.3. The number of pyridine rings is 2. The summed E-state index contributed by atoms with van der Waals surface area (Å²) in [6, 6.07) is 70.0. The van der Waals surface area contributed by atoms with E-state index < -0.39 is 0 Å². The fourth-order valence-corrected chi connectivity index (χ4v) is 9.77. The summed E-state index contributed by atoms with van der Waals surface area (Å²) >= 11 is 0. The molecule has 0 aliphatic carbocycles. The van der Waals surface area contributed by atoms with Crippen LogP contribution < -0.4 is 4.90 Å². The van der Waals surface area contributed by atoms with Gasteiger partial charge in [-0.15, -0.1) is 0 Å². The van der Waals surface area contributed by atoms with E-state index in [9.17, 15) is 0 Å². The summed E-state index contributed by atoms with van der Waals surface area (Å²) in [5.41, 5.74) is 11.4. The second-order valence-electron chi connectivity index (χ2n) is 15.4. The SMILES string of the molecule is c1ccc(-n2c3ccc(-c4cccc5ccccc45)cc3c3cc4c(cc32)N(c2cccc(-n3c5ccccc5c5ccccc53)n2)c2cccc3cccc-4c23)nc1. The van der Waals surface area contributed by atoms with Gasteiger partial charge in [0.25, 0.3) is 0 Å². The van der Waals surface area contributed by atoms with Crippen LogP contribution in [0.4, 0.5) is 17.2 Å². The molecule has 5 heterocycles. The van der Waals surface area contributed by atoms with Crippen molar-refractivity contribution < 1.29 is 0 Å². The van der Waals surface area contributed by atoms with Crippen LogP contribution in [-0.2, 0) is 0 Å². The van der Waals surface area contributed by atoms with Crippen molar-refractivity contribution in [2.45, 2.75) is 0 Å². The molecule has 0 radical (unpaired) electrons. The highest BCUT2D eigenvalue weighted by atomic mass is 15.2. The lowest BCUT2D eigenvalue weighted by atomic mass is 9.90. The molecule has 12 aromatic rings. The molecule has 5 nitrogen and oxygen atoms in total. The molecular weight excluding hydrogens is 719 g/mol. The topological polar surface area (TPSA) is 38.9 Å². The van der Waals surface area contributed by atoms with Crippen molar-refractivity contribution in [1.29, 1.82) is 0 Å². The molecule has 8 aromatic carbocycles. The van der Waals surface area contributed by atoms with Gasteiger partial charge in [-0.3, -0.25) is 14.0 Å². The van der Waals surface area contributed by atoms with Crippen LogP contribution in [0.15, 0.2) is 200 Å². The van der Waals surface area contributed by atoms with Gasteiger partial charge in [0.1, 0.15) is 17.5 Å². The quantitative estimate of drug-likeness (QED) is 0.180. The Balaban J connectivity index is 1.10. The molecule has 0 N–H and O–H groups in total. The molecule has 0 saturated heterocycles. The summed E-state index contributed by atoms with van der Waals surface area (Å²) in [4.78, 5) is 12.8. The molecule has 1 aliphatic rings. The van der Waals surface area contributed by atoms with E-state index in [4.69, 9.17) is 9.97 Å². The van der Waals surface area contributed by atoms with Gasteiger partial charge in [0.05, 0.1) is 33.4 Å². The fourth-order valence-electron chi connectivity index (χ4n) is 9.77. The molecule has 5 heteroatoms. The summed E-state index contributed by atoms with van der Waals surface area (Å²) in [7, 11) is 0. The number of para-hydroxylation sites is 2. The van der Waals surface area contributed by atoms with Gasteiger partial charge in [-0.25, -0.2) is 9.97 Å². The first kappa shape index (κ1) is 32.1. The second kappa shape index (κ2) is 12.2. The molecule has 59 heavy (non-hydrogen) atoms. The Labute approximate surface area is 339 Å². The molecule has 0 spiro atoms. The van der Waals surface area contributed by atoms with Gasteiger partial charge in [0.2, 0.25) is 0 Å². The van der Waals surface area contributed by atoms with Crippen molar-refractivity contribution in [1.82, 2.24) is 19.1 Å². The predicted molar refractivity (Wildman–Crippen MR) is 245 cm³/mol. The molecular formula is C54H33N5. The summed E-state index contributed by atoms with van der Waals surface area (Å²) in [5, 5.41) is 9.68. The van der Waals surface area contributed by atoms with Crippen LogP contribution in [0, 0.1) is 0 Å². The first-order chi connectivity index (χ1) is 29.3. The Morgan fingerprint density at radius 1 is 0.339 bits per heavy atom. The van der Waals surface area contributed by atoms with Gasteiger partial charge in [0, 0.05) is 38.7 Å². The second-order valence-corrected chi connectivity index (χ2v) is 15.4. The van der Waals surface area contributed by atoms with E-state index in [2.05, 4.69) is 202 Å². The third kappa shape index (κ3) is 4.61. The van der Waals surface area contributed by atoms with Gasteiger partial charge < -0.3 is 0 Å². The summed E-state index contributed by atoms with van der Waals surface area (Å²) in [6.45, 7) is 0. The van der Waals surface area contributed by atoms with E-state index in [0.29, 0.717) is 0 Å². The molecule has 0 amide bonds. The van der Waals surface area contributed by atoms with Gasteiger partial charge in [0.15, 0.2) is 0 Å². The van der Waals surface area contributed by atoms with Gasteiger partial charge in [-0.2, -0.15) is 0 Å². The fraction of sp³-hybridized carbons (Fsp3) is 0. The Kier molecular flexibility index (Phi) is 6.66. The number of fused-ring (bicyclic) bond motifs is 9. The first-order valence-electron chi connectivity index (χ1n) is 20.1. The number of nitrogens with zero attached hydrogens (tertiary/aromatic N) is 5. The average Bonchev–Trinajstić information content (AvgIpc) is 3.81. The maximum atomic E-state index is 5.54. The van der Waals surface area contributed by atoms with Crippen LogP contribution in [0.1, 0.15) is 0 Å². The minimum Gasteiger partial charge on any atom is -0.294 e. The van der Waals surface area contributed by atoms with Crippen LogP contribution >= 0.6 is 0 Å². The molecule has 274 valence electrons. The molecule has 0 bridgehead atoms. The predicted octanol–water partition coefficient (Wildman–Crippen LogP) is 14.1. The molecule has 0 fully saturated rings. The highest BCUT2D eigenvalue weighted by Gasteiger charge is 2.29. The highest BCUT2D eigenvalue weighted by molar-refractivity contribution is 6.19. The van der Waals surface area contributed by atoms with Crippen molar-refractivity contribution in [2.75, 3.05) is 4.90 Å². The van der Waals surface area contributed by atoms with Crippen molar-refractivity contribution in [3.63, 3.8) is 0 Å². The lowest BCUT2D eigenvalue weighted by Gasteiger charge is -2.33. The van der Waals surface area contributed by atoms with Crippen LogP contribution in [0.2, 0.25) is 0 Å². The van der Waals surface area contributed by atoms with Crippen LogP contribution in [0.25, 0.3) is 99.0 Å². The van der Waals surface area contributed by atoms with E-state index >= 15 is 0 Å². The normalized spacial score (nSPS) is 12.4. The zero-order chi connectivity index (χ0) is 38.6. The van der Waals surface area contributed by atoms with Gasteiger partial charge >= 0.3 is 0 Å². The smallest absolute Gasteiger partial charge is 0.140 e. The average molecular weight is 752 g/mol. The molecule has 0 saturated carbocycles. The van der Waals surface area contributed by atoms with E-state index in [-0.39, 0.29) is 0 Å². The zero-order valence-electron chi connectivity index (χ0n) is 31.8. The molecule has 0 atom stereocenters. The number of benzene rings is 8. The number of aromatic nitrogens is 4. The number of hydrogen-bond donors (Lipinski definition) is 0. The van der Waals surface area contributed by atoms with E-state index in [1.165, 1.54) is 65.3 Å². The van der Waals surface area contributed by atoms with Crippen LogP contribution in [0.3, 0.4) is 0 Å². The maximum absolute atomic E-state index is 5.54. The van der Waals surface area contributed by atoms with Gasteiger partial charge in [-0.1, -0.05) is 127 Å². The number of anilines is 3. The van der Waals surface area contributed by atoms with Crippen LogP contribution in [0.5, 0.6) is 0 Å². The first-order valence-corrected chi connectivity index (χ1v) is 20.1. The largest absolute Gasteiger partial charge is 0.294 e. The van der Waals surface area contributed by atoms with Crippen molar-refractivity contribution in [2.24, 2.45) is 0 Å². The van der Waals surface area contributed by atoms with Crippen molar-refractivity contribution in [3.8, 4) is 33.9 Å². The van der Waals surface area contributed by atoms with E-state index in [1.807, 2.05) is 12.3 Å². The zero-order valence-corrected chi connectivity index (χ0v) is 31.8. The molecule has 1 aliphatic heterocycles. The van der Waals surface area contributed by atoms with Gasteiger partial charge in [-0.05, 0) is 99.6 Å². The summed E-state index contributed by atoms with van der Waals surface area (Å²) in [6.07, 6.45) is 1.88. The lowest BCUT2D eigenvalue weighted by Crippen LogP contribution is -2.17. The summed E-state index contributed by atoms with van der Waals surface area (Å²) in [5.74, 6) is 2.60. The number of hydrogen-bond acceptors (Lipinski definition) is 3. The lowest BCUT2D eigenvalue weighted by molar-refractivity contribution is 1.06. The van der Waals surface area contributed by atoms with Crippen molar-refractivity contribution in [3.05, 3.63) is 200 Å². The third-order valence-corrected chi connectivity index (χ3v) is 12.3. The Bertz CT molecular complexity index is 3630. The van der Waals surface area contributed by atoms with E-state index in [1.54, 1.807) is 0 Å². The van der Waals surface area contributed by atoms with Crippen molar-refractivity contribution >= 4 is 82.3 Å². The molecule has 4 aromatic heterocycles. The minimum atomic E-state index is 0.853. The standard InChI is InChI=1S/C54H33N5/c1-2-17-37-34(13-1)14-9-20-38(37)36-28-29-47-42(31-36)44-32-43-41-21-10-15-35-16-11-24-48(54(35)41)59(49(43)33-50(44)58(47)51-25-7-8-30-55-51)53-27-12-26-52(56-53)57-45-22-5-3-18-39(45)40-19-4-6-23-46(40)57/h1-33H. The monoisotopic (exact) mass is 751 g/mol. The highest BCUT2D eigenvalue weighted by Crippen LogP contribution is 2.53. The summed E-state index contributed by atoms with van der Waals surface area (Å²) < 4.78 is 4.61.